The van der Waals surface area contributed by atoms with E-state index < -0.39 is 29.5 Å². The molecule has 0 spiro atoms. The Balaban J connectivity index is 2.38. The third-order valence-corrected chi connectivity index (χ3v) is 5.52. The molecule has 2 rings (SSSR count). The smallest absolute Gasteiger partial charge is 0.408 e. The monoisotopic (exact) mass is 442 g/mol. The van der Waals surface area contributed by atoms with Crippen molar-refractivity contribution in [3.8, 4) is 5.75 Å². The topological polar surface area (TPSA) is 87.2 Å². The largest absolute Gasteiger partial charge is 0.497 e. The summed E-state index contributed by atoms with van der Waals surface area (Å²) in [7, 11) is 1.61. The number of carbonyl (C=O) groups is 3. The molecule has 2 aromatic carbocycles. The summed E-state index contributed by atoms with van der Waals surface area (Å²) < 4.78 is 5.34. The van der Waals surface area contributed by atoms with Gasteiger partial charge in [-0.1, -0.05) is 38.1 Å². The summed E-state index contributed by atoms with van der Waals surface area (Å²) in [5.74, 6) is -0.478. The zero-order chi connectivity index (χ0) is 24.2. The normalized spacial score (nSPS) is 12.5. The minimum absolute atomic E-state index is 0.158. The van der Waals surface area contributed by atoms with Crippen LogP contribution >= 0.6 is 0 Å². The van der Waals surface area contributed by atoms with Crippen molar-refractivity contribution >= 4 is 28.7 Å². The maximum atomic E-state index is 13.5. The van der Waals surface area contributed by atoms with Gasteiger partial charge in [-0.3, -0.25) is 19.4 Å². The highest BCUT2D eigenvalue weighted by Crippen LogP contribution is 2.26. The van der Waals surface area contributed by atoms with Gasteiger partial charge >= 0.3 is 6.09 Å². The van der Waals surface area contributed by atoms with Gasteiger partial charge in [0.15, 0.2) is 0 Å². The number of nitrogens with zero attached hydrogens (tertiary/aromatic N) is 2. The molecule has 0 bridgehead atoms. The van der Waals surface area contributed by atoms with E-state index in [-0.39, 0.29) is 12.5 Å². The first-order valence-electron chi connectivity index (χ1n) is 10.8. The Hall–Kier alpha value is -3.09. The lowest BCUT2D eigenvalue weighted by atomic mass is 9.94. The molecule has 3 amide bonds. The van der Waals surface area contributed by atoms with Crippen LogP contribution in [0.1, 0.15) is 47.1 Å². The lowest BCUT2D eigenvalue weighted by Crippen LogP contribution is -2.60. The van der Waals surface area contributed by atoms with Crippen LogP contribution in [0.5, 0.6) is 5.75 Å². The highest BCUT2D eigenvalue weighted by Gasteiger charge is 2.41. The predicted octanol–water partition coefficient (Wildman–Crippen LogP) is 4.57. The van der Waals surface area contributed by atoms with Gasteiger partial charge in [0.25, 0.3) is 5.91 Å². The average molecular weight is 443 g/mol. The first-order chi connectivity index (χ1) is 14.9. The van der Waals surface area contributed by atoms with Crippen LogP contribution in [0.3, 0.4) is 0 Å². The van der Waals surface area contributed by atoms with E-state index in [4.69, 9.17) is 4.74 Å². The maximum Gasteiger partial charge on any atom is 0.408 e. The molecule has 0 saturated heterocycles. The van der Waals surface area contributed by atoms with Gasteiger partial charge in [0.2, 0.25) is 5.91 Å². The Kier molecular flexibility index (Phi) is 7.88. The number of benzene rings is 2. The summed E-state index contributed by atoms with van der Waals surface area (Å²) >= 11 is 0. The van der Waals surface area contributed by atoms with E-state index >= 15 is 0 Å². The minimum Gasteiger partial charge on any atom is -0.497 e. The van der Waals surface area contributed by atoms with Gasteiger partial charge in [0, 0.05) is 19.0 Å². The summed E-state index contributed by atoms with van der Waals surface area (Å²) in [5.41, 5.74) is 0.179. The minimum atomic E-state index is -1.19. The number of methoxy groups -OCH3 is 1. The van der Waals surface area contributed by atoms with Crippen molar-refractivity contribution in [1.29, 1.82) is 0 Å². The van der Waals surface area contributed by atoms with Crippen LogP contribution in [0.25, 0.3) is 10.8 Å². The van der Waals surface area contributed by atoms with Gasteiger partial charge in [-0.15, -0.1) is 0 Å². The van der Waals surface area contributed by atoms with Crippen molar-refractivity contribution in [2.75, 3.05) is 13.7 Å². The van der Waals surface area contributed by atoms with Gasteiger partial charge in [-0.05, 0) is 61.6 Å². The van der Waals surface area contributed by atoms with E-state index in [9.17, 15) is 19.5 Å². The number of fused-ring (bicyclic) bond motifs is 1. The predicted molar refractivity (Wildman–Crippen MR) is 125 cm³/mol. The Morgan fingerprint density at radius 1 is 1.09 bits per heavy atom. The zero-order valence-electron chi connectivity index (χ0n) is 20.0. The molecule has 0 heterocycles. The highest BCUT2D eigenvalue weighted by atomic mass is 16.5. The fraction of sp³-hybridized carbons (Fsp3) is 0.480. The molecule has 32 heavy (non-hydrogen) atoms. The van der Waals surface area contributed by atoms with Crippen molar-refractivity contribution < 1.29 is 24.2 Å². The summed E-state index contributed by atoms with van der Waals surface area (Å²) in [6.45, 7) is 10.3. The first kappa shape index (κ1) is 25.2. The van der Waals surface area contributed by atoms with E-state index in [1.165, 1.54) is 11.8 Å². The molecule has 1 unspecified atom stereocenters. The highest BCUT2D eigenvalue weighted by molar-refractivity contribution is 5.98. The second-order valence-corrected chi connectivity index (χ2v) is 9.28. The van der Waals surface area contributed by atoms with Crippen molar-refractivity contribution in [3.05, 3.63) is 42.0 Å². The van der Waals surface area contributed by atoms with Crippen LogP contribution in [0.4, 0.5) is 4.79 Å². The van der Waals surface area contributed by atoms with Gasteiger partial charge in [-0.2, -0.15) is 0 Å². The number of hydrogen-bond donors (Lipinski definition) is 1. The third kappa shape index (κ3) is 5.58. The molecule has 1 N–H and O–H groups in total. The number of ether oxygens (including phenoxy) is 1. The van der Waals surface area contributed by atoms with Crippen molar-refractivity contribution in [3.63, 3.8) is 0 Å². The Labute approximate surface area is 189 Å². The fourth-order valence-electron chi connectivity index (χ4n) is 3.99. The second kappa shape index (κ2) is 10.0. The first-order valence-corrected chi connectivity index (χ1v) is 10.8. The van der Waals surface area contributed by atoms with Gasteiger partial charge in [-0.25, -0.2) is 4.79 Å². The molecular weight excluding hydrogens is 408 g/mol. The van der Waals surface area contributed by atoms with E-state index in [0.717, 1.165) is 27.0 Å². The molecule has 1 atom stereocenters. The molecule has 2 aromatic rings. The summed E-state index contributed by atoms with van der Waals surface area (Å²) in [4.78, 5) is 40.3. The molecule has 0 aromatic heterocycles. The number of imide groups is 1. The van der Waals surface area contributed by atoms with Crippen LogP contribution in [0.15, 0.2) is 36.4 Å². The van der Waals surface area contributed by atoms with Crippen LogP contribution < -0.4 is 4.74 Å². The lowest BCUT2D eigenvalue weighted by molar-refractivity contribution is -0.149. The zero-order valence-corrected chi connectivity index (χ0v) is 20.0. The van der Waals surface area contributed by atoms with Gasteiger partial charge in [0.1, 0.15) is 11.8 Å². The summed E-state index contributed by atoms with van der Waals surface area (Å²) in [5, 5.41) is 11.9. The number of carbonyl (C=O) groups excluding carboxylic acids is 2. The Bertz CT molecular complexity index is 993. The van der Waals surface area contributed by atoms with E-state index in [0.29, 0.717) is 6.42 Å². The summed E-state index contributed by atoms with van der Waals surface area (Å²) in [6.07, 6.45) is -0.738. The maximum absolute atomic E-state index is 13.5. The number of hydrogen-bond acceptors (Lipinski definition) is 4. The molecule has 0 aliphatic heterocycles. The Morgan fingerprint density at radius 2 is 1.75 bits per heavy atom. The van der Waals surface area contributed by atoms with E-state index in [1.807, 2.05) is 36.4 Å². The van der Waals surface area contributed by atoms with Crippen molar-refractivity contribution in [1.82, 2.24) is 9.80 Å². The lowest BCUT2D eigenvalue weighted by Gasteiger charge is -2.42. The molecule has 0 aliphatic carbocycles. The number of amides is 3. The third-order valence-electron chi connectivity index (χ3n) is 5.52. The van der Waals surface area contributed by atoms with Crippen LogP contribution in [-0.4, -0.2) is 58.0 Å². The molecular formula is C25H34N2O5. The summed E-state index contributed by atoms with van der Waals surface area (Å²) in [6, 6.07) is 10.7. The number of carboxylic acid groups (broad SMARTS) is 1. The molecule has 174 valence electrons. The Morgan fingerprint density at radius 3 is 2.25 bits per heavy atom. The van der Waals surface area contributed by atoms with Crippen LogP contribution in [-0.2, 0) is 16.0 Å². The van der Waals surface area contributed by atoms with E-state index in [2.05, 4.69) is 0 Å². The molecule has 0 aliphatic rings. The van der Waals surface area contributed by atoms with Crippen molar-refractivity contribution in [2.45, 2.75) is 59.5 Å². The van der Waals surface area contributed by atoms with Gasteiger partial charge in [0.05, 0.1) is 7.11 Å². The SMILES string of the molecule is COc1ccc2cccc(CCN(C(C)=O)C(=O)C(C(C)C)N(C(=O)O)C(C)(C)C)c2c1. The molecule has 7 nitrogen and oxygen atoms in total. The fourth-order valence-corrected chi connectivity index (χ4v) is 3.99. The van der Waals surface area contributed by atoms with Crippen molar-refractivity contribution in [2.24, 2.45) is 5.92 Å². The standard InChI is InChI=1S/C25H34N2O5/c1-16(2)22(27(24(30)31)25(4,5)6)23(29)26(17(3)28)14-13-19-10-8-9-18-11-12-20(32-7)15-21(18)19/h8-12,15-16,22H,13-14H2,1-7H3,(H,30,31). The van der Waals surface area contributed by atoms with E-state index in [1.54, 1.807) is 41.7 Å². The van der Waals surface area contributed by atoms with Gasteiger partial charge < -0.3 is 9.84 Å². The molecule has 7 heteroatoms. The average Bonchev–Trinajstić information content (AvgIpc) is 2.69. The second-order valence-electron chi connectivity index (χ2n) is 9.28. The van der Waals surface area contributed by atoms with Crippen LogP contribution in [0.2, 0.25) is 0 Å². The molecule has 0 fully saturated rings. The van der Waals surface area contributed by atoms with Crippen LogP contribution in [0, 0.1) is 5.92 Å². The number of rotatable bonds is 7. The molecule has 0 saturated carbocycles. The quantitative estimate of drug-likeness (QED) is 0.679. The molecule has 0 radical (unpaired) electrons.